The highest BCUT2D eigenvalue weighted by atomic mass is 35.5. The van der Waals surface area contributed by atoms with E-state index in [1.54, 1.807) is 25.4 Å². The Morgan fingerprint density at radius 1 is 1.35 bits per heavy atom. The van der Waals surface area contributed by atoms with Gasteiger partial charge in [-0.15, -0.1) is 11.8 Å². The average Bonchev–Trinajstić information content (AvgIpc) is 2.48. The van der Waals surface area contributed by atoms with E-state index in [-0.39, 0.29) is 11.1 Å². The molecule has 2 rings (SSSR count). The SMILES string of the molecule is COc1ccc(SCC(=O)Nc2cccnc2Cl)cc1. The normalized spacial score (nSPS) is 10.1. The Morgan fingerprint density at radius 2 is 2.10 bits per heavy atom. The van der Waals surface area contributed by atoms with Crippen LogP contribution in [0, 0.1) is 0 Å². The first-order valence-corrected chi connectivity index (χ1v) is 7.22. The van der Waals surface area contributed by atoms with E-state index in [4.69, 9.17) is 16.3 Å². The monoisotopic (exact) mass is 308 g/mol. The molecule has 0 radical (unpaired) electrons. The molecule has 20 heavy (non-hydrogen) atoms. The number of nitrogens with one attached hydrogen (secondary N) is 1. The lowest BCUT2D eigenvalue weighted by molar-refractivity contribution is -0.113. The van der Waals surface area contributed by atoms with Crippen molar-refractivity contribution in [2.75, 3.05) is 18.2 Å². The molecule has 1 amide bonds. The minimum Gasteiger partial charge on any atom is -0.497 e. The quantitative estimate of drug-likeness (QED) is 0.679. The number of carbonyl (C=O) groups excluding carboxylic acids is 1. The average molecular weight is 309 g/mol. The minimum absolute atomic E-state index is 0.124. The summed E-state index contributed by atoms with van der Waals surface area (Å²) in [6.45, 7) is 0. The van der Waals surface area contributed by atoms with Gasteiger partial charge in [-0.2, -0.15) is 0 Å². The molecule has 0 bridgehead atoms. The molecule has 1 aromatic heterocycles. The molecule has 0 aliphatic rings. The highest BCUT2D eigenvalue weighted by Crippen LogP contribution is 2.22. The number of halogens is 1. The predicted octanol–water partition coefficient (Wildman–Crippen LogP) is 3.47. The lowest BCUT2D eigenvalue weighted by atomic mass is 10.3. The fraction of sp³-hybridized carbons (Fsp3) is 0.143. The van der Waals surface area contributed by atoms with Crippen molar-refractivity contribution in [3.8, 4) is 5.75 Å². The van der Waals surface area contributed by atoms with Crippen molar-refractivity contribution in [1.29, 1.82) is 0 Å². The molecule has 0 unspecified atom stereocenters. The molecule has 0 aliphatic carbocycles. The van der Waals surface area contributed by atoms with Crippen molar-refractivity contribution in [3.63, 3.8) is 0 Å². The van der Waals surface area contributed by atoms with Crippen LogP contribution < -0.4 is 10.1 Å². The Hall–Kier alpha value is -1.72. The van der Waals surface area contributed by atoms with Gasteiger partial charge < -0.3 is 10.1 Å². The zero-order valence-corrected chi connectivity index (χ0v) is 12.4. The topological polar surface area (TPSA) is 51.2 Å². The summed E-state index contributed by atoms with van der Waals surface area (Å²) in [5, 5.41) is 3.01. The van der Waals surface area contributed by atoms with Gasteiger partial charge in [0.1, 0.15) is 5.75 Å². The van der Waals surface area contributed by atoms with Crippen LogP contribution in [0.5, 0.6) is 5.75 Å². The Bertz CT molecular complexity index is 590. The van der Waals surface area contributed by atoms with Crippen molar-refractivity contribution in [3.05, 3.63) is 47.7 Å². The van der Waals surface area contributed by atoms with E-state index < -0.39 is 0 Å². The molecular weight excluding hydrogens is 296 g/mol. The van der Waals surface area contributed by atoms with E-state index in [1.165, 1.54) is 11.8 Å². The lowest BCUT2D eigenvalue weighted by Crippen LogP contribution is -2.14. The first-order chi connectivity index (χ1) is 9.69. The van der Waals surface area contributed by atoms with E-state index in [2.05, 4.69) is 10.3 Å². The molecule has 104 valence electrons. The summed E-state index contributed by atoms with van der Waals surface area (Å²) in [5.74, 6) is 0.971. The number of benzene rings is 1. The van der Waals surface area contributed by atoms with Gasteiger partial charge in [-0.3, -0.25) is 4.79 Å². The molecule has 1 heterocycles. The number of thioether (sulfide) groups is 1. The van der Waals surface area contributed by atoms with Gasteiger partial charge in [0, 0.05) is 11.1 Å². The van der Waals surface area contributed by atoms with Crippen LogP contribution >= 0.6 is 23.4 Å². The van der Waals surface area contributed by atoms with Gasteiger partial charge >= 0.3 is 0 Å². The van der Waals surface area contributed by atoms with E-state index in [0.29, 0.717) is 11.4 Å². The van der Waals surface area contributed by atoms with Crippen LogP contribution in [-0.2, 0) is 4.79 Å². The van der Waals surface area contributed by atoms with E-state index in [0.717, 1.165) is 10.6 Å². The smallest absolute Gasteiger partial charge is 0.234 e. The summed E-state index contributed by atoms with van der Waals surface area (Å²) in [6, 6.07) is 11.0. The number of rotatable bonds is 5. The van der Waals surface area contributed by atoms with Gasteiger partial charge in [-0.1, -0.05) is 11.6 Å². The molecule has 1 aromatic carbocycles. The summed E-state index contributed by atoms with van der Waals surface area (Å²) >= 11 is 7.31. The van der Waals surface area contributed by atoms with E-state index in [1.807, 2.05) is 24.3 Å². The van der Waals surface area contributed by atoms with Gasteiger partial charge in [0.15, 0.2) is 5.15 Å². The Kier molecular flexibility index (Phi) is 5.26. The van der Waals surface area contributed by atoms with Crippen molar-refractivity contribution in [1.82, 2.24) is 4.98 Å². The Morgan fingerprint density at radius 3 is 2.75 bits per heavy atom. The first-order valence-electron chi connectivity index (χ1n) is 5.86. The molecule has 0 spiro atoms. The minimum atomic E-state index is -0.124. The maximum atomic E-state index is 11.8. The molecular formula is C14H13ClN2O2S. The standard InChI is InChI=1S/C14H13ClN2O2S/c1-19-10-4-6-11(7-5-10)20-9-13(18)17-12-3-2-8-16-14(12)15/h2-8H,9H2,1H3,(H,17,18). The van der Waals surface area contributed by atoms with Crippen molar-refractivity contribution >= 4 is 35.0 Å². The maximum absolute atomic E-state index is 11.8. The third-order valence-corrected chi connectivity index (χ3v) is 3.78. The third kappa shape index (κ3) is 4.15. The molecule has 0 atom stereocenters. The molecule has 0 fully saturated rings. The lowest BCUT2D eigenvalue weighted by Gasteiger charge is -2.06. The van der Waals surface area contributed by atoms with Crippen LogP contribution in [0.25, 0.3) is 0 Å². The summed E-state index contributed by atoms with van der Waals surface area (Å²) in [5.41, 5.74) is 0.523. The van der Waals surface area contributed by atoms with Crippen LogP contribution in [0.15, 0.2) is 47.5 Å². The number of methoxy groups -OCH3 is 1. The van der Waals surface area contributed by atoms with Gasteiger partial charge in [0.2, 0.25) is 5.91 Å². The second-order valence-corrected chi connectivity index (χ2v) is 5.26. The number of anilines is 1. The number of carbonyl (C=O) groups is 1. The maximum Gasteiger partial charge on any atom is 0.234 e. The molecule has 6 heteroatoms. The van der Waals surface area contributed by atoms with E-state index in [9.17, 15) is 4.79 Å². The zero-order valence-electron chi connectivity index (χ0n) is 10.8. The largest absolute Gasteiger partial charge is 0.497 e. The highest BCUT2D eigenvalue weighted by molar-refractivity contribution is 8.00. The number of hydrogen-bond donors (Lipinski definition) is 1. The molecule has 2 aromatic rings. The Balaban J connectivity index is 1.87. The highest BCUT2D eigenvalue weighted by Gasteiger charge is 2.06. The first kappa shape index (κ1) is 14.7. The van der Waals surface area contributed by atoms with Crippen molar-refractivity contribution in [2.24, 2.45) is 0 Å². The molecule has 1 N–H and O–H groups in total. The van der Waals surface area contributed by atoms with Crippen LogP contribution in [0.1, 0.15) is 0 Å². The van der Waals surface area contributed by atoms with Crippen LogP contribution in [0.3, 0.4) is 0 Å². The fourth-order valence-corrected chi connectivity index (χ4v) is 2.35. The van der Waals surface area contributed by atoms with Crippen molar-refractivity contribution in [2.45, 2.75) is 4.90 Å². The second kappa shape index (κ2) is 7.17. The second-order valence-electron chi connectivity index (χ2n) is 3.85. The van der Waals surface area contributed by atoms with Gasteiger partial charge in [0.25, 0.3) is 0 Å². The van der Waals surface area contributed by atoms with Gasteiger partial charge in [0.05, 0.1) is 18.6 Å². The van der Waals surface area contributed by atoms with Crippen LogP contribution in [-0.4, -0.2) is 23.8 Å². The zero-order chi connectivity index (χ0) is 14.4. The molecule has 0 saturated heterocycles. The van der Waals surface area contributed by atoms with Crippen molar-refractivity contribution < 1.29 is 9.53 Å². The molecule has 0 aliphatic heterocycles. The molecule has 4 nitrogen and oxygen atoms in total. The van der Waals surface area contributed by atoms with Gasteiger partial charge in [-0.25, -0.2) is 4.98 Å². The summed E-state index contributed by atoms with van der Waals surface area (Å²) < 4.78 is 5.08. The number of amides is 1. The number of pyridine rings is 1. The van der Waals surface area contributed by atoms with Crippen LogP contribution in [0.4, 0.5) is 5.69 Å². The number of ether oxygens (including phenoxy) is 1. The predicted molar refractivity (Wildman–Crippen MR) is 81.6 cm³/mol. The summed E-state index contributed by atoms with van der Waals surface area (Å²) in [7, 11) is 1.62. The Labute approximate surface area is 126 Å². The van der Waals surface area contributed by atoms with E-state index >= 15 is 0 Å². The third-order valence-electron chi connectivity index (χ3n) is 2.46. The summed E-state index contributed by atoms with van der Waals surface area (Å²) in [6.07, 6.45) is 1.57. The number of nitrogens with zero attached hydrogens (tertiary/aromatic N) is 1. The fourth-order valence-electron chi connectivity index (χ4n) is 1.49. The molecule has 0 saturated carbocycles. The number of aromatic nitrogens is 1. The number of hydrogen-bond acceptors (Lipinski definition) is 4. The summed E-state index contributed by atoms with van der Waals surface area (Å²) in [4.78, 5) is 16.7. The van der Waals surface area contributed by atoms with Crippen LogP contribution in [0.2, 0.25) is 5.15 Å². The van der Waals surface area contributed by atoms with Gasteiger partial charge in [-0.05, 0) is 36.4 Å².